The SMILES string of the molecule is C[C@H](NCc1cccc2c1NCCC2)C1CCCCCC1. The van der Waals surface area contributed by atoms with Crippen LogP contribution in [0.1, 0.15) is 63.0 Å². The Balaban J connectivity index is 1.59. The molecule has 0 bridgehead atoms. The average Bonchev–Trinajstić information content (AvgIpc) is 2.82. The minimum Gasteiger partial charge on any atom is -0.385 e. The summed E-state index contributed by atoms with van der Waals surface area (Å²) >= 11 is 0. The van der Waals surface area contributed by atoms with Gasteiger partial charge in [0.25, 0.3) is 0 Å². The smallest absolute Gasteiger partial charge is 0.0418 e. The lowest BCUT2D eigenvalue weighted by Crippen LogP contribution is -2.33. The second-order valence-electron chi connectivity index (χ2n) is 6.90. The van der Waals surface area contributed by atoms with Crippen molar-refractivity contribution >= 4 is 5.69 Å². The highest BCUT2D eigenvalue weighted by Gasteiger charge is 2.19. The Morgan fingerprint density at radius 2 is 1.95 bits per heavy atom. The molecule has 0 saturated heterocycles. The summed E-state index contributed by atoms with van der Waals surface area (Å²) in [6.45, 7) is 4.52. The molecule has 1 aliphatic heterocycles. The van der Waals surface area contributed by atoms with E-state index < -0.39 is 0 Å². The highest BCUT2D eigenvalue weighted by Crippen LogP contribution is 2.28. The van der Waals surface area contributed by atoms with E-state index in [2.05, 4.69) is 35.8 Å². The Morgan fingerprint density at radius 3 is 2.76 bits per heavy atom. The van der Waals surface area contributed by atoms with Crippen molar-refractivity contribution in [1.29, 1.82) is 0 Å². The topological polar surface area (TPSA) is 24.1 Å². The number of aryl methyl sites for hydroxylation is 1. The normalized spacial score (nSPS) is 21.2. The van der Waals surface area contributed by atoms with Crippen LogP contribution in [0.15, 0.2) is 18.2 Å². The molecule has 2 aliphatic rings. The van der Waals surface area contributed by atoms with Crippen LogP contribution in [0.25, 0.3) is 0 Å². The molecule has 0 amide bonds. The van der Waals surface area contributed by atoms with Crippen LogP contribution in [0.4, 0.5) is 5.69 Å². The third-order valence-corrected chi connectivity index (χ3v) is 5.38. The fourth-order valence-corrected chi connectivity index (χ4v) is 3.98. The summed E-state index contributed by atoms with van der Waals surface area (Å²) in [6, 6.07) is 7.42. The molecular formula is C19H30N2. The first-order valence-electron chi connectivity index (χ1n) is 8.92. The summed E-state index contributed by atoms with van der Waals surface area (Å²) in [7, 11) is 0. The first-order chi connectivity index (χ1) is 10.3. The van der Waals surface area contributed by atoms with Gasteiger partial charge in [-0.25, -0.2) is 0 Å². The molecule has 0 radical (unpaired) electrons. The zero-order valence-electron chi connectivity index (χ0n) is 13.5. The van der Waals surface area contributed by atoms with Crippen molar-refractivity contribution < 1.29 is 0 Å². The van der Waals surface area contributed by atoms with Crippen molar-refractivity contribution in [2.45, 2.75) is 70.9 Å². The number of benzene rings is 1. The molecule has 1 aromatic rings. The van der Waals surface area contributed by atoms with Gasteiger partial charge in [0.1, 0.15) is 0 Å². The summed E-state index contributed by atoms with van der Waals surface area (Å²) < 4.78 is 0. The molecule has 0 aromatic heterocycles. The van der Waals surface area contributed by atoms with Gasteiger partial charge in [-0.1, -0.05) is 43.9 Å². The van der Waals surface area contributed by atoms with Crippen LogP contribution < -0.4 is 10.6 Å². The van der Waals surface area contributed by atoms with Gasteiger partial charge < -0.3 is 10.6 Å². The first kappa shape index (κ1) is 14.9. The Hall–Kier alpha value is -1.02. The molecule has 3 rings (SSSR count). The Kier molecular flexibility index (Phi) is 5.18. The Labute approximate surface area is 129 Å². The predicted octanol–water partition coefficient (Wildman–Crippen LogP) is 4.49. The number of para-hydroxylation sites is 1. The molecule has 116 valence electrons. The van der Waals surface area contributed by atoms with Gasteiger partial charge in [0.05, 0.1) is 0 Å². The lowest BCUT2D eigenvalue weighted by molar-refractivity contribution is 0.337. The highest BCUT2D eigenvalue weighted by molar-refractivity contribution is 5.59. The van der Waals surface area contributed by atoms with E-state index in [9.17, 15) is 0 Å². The van der Waals surface area contributed by atoms with E-state index in [0.717, 1.165) is 19.0 Å². The molecule has 1 heterocycles. The summed E-state index contributed by atoms with van der Waals surface area (Å²) in [5.41, 5.74) is 4.36. The summed E-state index contributed by atoms with van der Waals surface area (Å²) in [6.07, 6.45) is 11.1. The maximum atomic E-state index is 3.81. The van der Waals surface area contributed by atoms with Crippen LogP contribution in [0.3, 0.4) is 0 Å². The molecular weight excluding hydrogens is 256 g/mol. The van der Waals surface area contributed by atoms with Crippen molar-refractivity contribution in [3.8, 4) is 0 Å². The van der Waals surface area contributed by atoms with E-state index in [1.54, 1.807) is 0 Å². The quantitative estimate of drug-likeness (QED) is 0.797. The van der Waals surface area contributed by atoms with Gasteiger partial charge in [-0.3, -0.25) is 0 Å². The minimum atomic E-state index is 0.641. The van der Waals surface area contributed by atoms with Gasteiger partial charge in [-0.2, -0.15) is 0 Å². The number of hydrogen-bond acceptors (Lipinski definition) is 2. The maximum Gasteiger partial charge on any atom is 0.0418 e. The zero-order valence-corrected chi connectivity index (χ0v) is 13.5. The van der Waals surface area contributed by atoms with Crippen molar-refractivity contribution in [3.05, 3.63) is 29.3 Å². The van der Waals surface area contributed by atoms with Crippen LogP contribution in [0, 0.1) is 5.92 Å². The van der Waals surface area contributed by atoms with Crippen LogP contribution in [0.5, 0.6) is 0 Å². The second kappa shape index (κ2) is 7.31. The van der Waals surface area contributed by atoms with Gasteiger partial charge in [-0.15, -0.1) is 0 Å². The number of nitrogens with one attached hydrogen (secondary N) is 2. The molecule has 2 nitrogen and oxygen atoms in total. The summed E-state index contributed by atoms with van der Waals surface area (Å²) in [5, 5.41) is 7.41. The maximum absolute atomic E-state index is 3.81. The van der Waals surface area contributed by atoms with E-state index in [1.165, 1.54) is 68.2 Å². The van der Waals surface area contributed by atoms with Crippen molar-refractivity contribution in [1.82, 2.24) is 5.32 Å². The largest absolute Gasteiger partial charge is 0.385 e. The fourth-order valence-electron chi connectivity index (χ4n) is 3.98. The molecule has 0 spiro atoms. The van der Waals surface area contributed by atoms with Gasteiger partial charge >= 0.3 is 0 Å². The van der Waals surface area contributed by atoms with Crippen LogP contribution in [-0.4, -0.2) is 12.6 Å². The molecule has 0 unspecified atom stereocenters. The average molecular weight is 286 g/mol. The van der Waals surface area contributed by atoms with E-state index >= 15 is 0 Å². The van der Waals surface area contributed by atoms with E-state index in [4.69, 9.17) is 0 Å². The van der Waals surface area contributed by atoms with Crippen molar-refractivity contribution in [3.63, 3.8) is 0 Å². The van der Waals surface area contributed by atoms with E-state index in [-0.39, 0.29) is 0 Å². The summed E-state index contributed by atoms with van der Waals surface area (Å²) in [4.78, 5) is 0. The summed E-state index contributed by atoms with van der Waals surface area (Å²) in [5.74, 6) is 0.875. The Morgan fingerprint density at radius 1 is 1.14 bits per heavy atom. The molecule has 1 aliphatic carbocycles. The third-order valence-electron chi connectivity index (χ3n) is 5.38. The molecule has 1 aromatic carbocycles. The lowest BCUT2D eigenvalue weighted by atomic mass is 9.92. The van der Waals surface area contributed by atoms with Gasteiger partial charge in [0.2, 0.25) is 0 Å². The van der Waals surface area contributed by atoms with E-state index in [1.807, 2.05) is 0 Å². The minimum absolute atomic E-state index is 0.641. The first-order valence-corrected chi connectivity index (χ1v) is 8.92. The lowest BCUT2D eigenvalue weighted by Gasteiger charge is -2.26. The molecule has 2 N–H and O–H groups in total. The molecule has 1 atom stereocenters. The number of rotatable bonds is 4. The third kappa shape index (κ3) is 3.79. The molecule has 21 heavy (non-hydrogen) atoms. The molecule has 1 fully saturated rings. The van der Waals surface area contributed by atoms with Crippen molar-refractivity contribution in [2.24, 2.45) is 5.92 Å². The number of anilines is 1. The van der Waals surface area contributed by atoms with Crippen LogP contribution in [-0.2, 0) is 13.0 Å². The second-order valence-corrected chi connectivity index (χ2v) is 6.90. The van der Waals surface area contributed by atoms with Crippen LogP contribution in [0.2, 0.25) is 0 Å². The zero-order chi connectivity index (χ0) is 14.5. The predicted molar refractivity (Wildman–Crippen MR) is 90.7 cm³/mol. The van der Waals surface area contributed by atoms with Crippen LogP contribution >= 0.6 is 0 Å². The van der Waals surface area contributed by atoms with Gasteiger partial charge in [-0.05, 0) is 49.7 Å². The number of fused-ring (bicyclic) bond motifs is 1. The number of hydrogen-bond donors (Lipinski definition) is 2. The highest BCUT2D eigenvalue weighted by atomic mass is 14.9. The molecule has 1 saturated carbocycles. The monoisotopic (exact) mass is 286 g/mol. The molecule has 2 heteroatoms. The van der Waals surface area contributed by atoms with Crippen molar-refractivity contribution in [2.75, 3.05) is 11.9 Å². The fraction of sp³-hybridized carbons (Fsp3) is 0.684. The van der Waals surface area contributed by atoms with Gasteiger partial charge in [0, 0.05) is 24.8 Å². The Bertz CT molecular complexity index is 447. The van der Waals surface area contributed by atoms with Gasteiger partial charge in [0.15, 0.2) is 0 Å². The van der Waals surface area contributed by atoms with E-state index in [0.29, 0.717) is 6.04 Å². The standard InChI is InChI=1S/C19H30N2/c1-15(16-8-4-2-3-5-9-16)21-14-18-11-6-10-17-12-7-13-20-19(17)18/h6,10-11,15-16,20-21H,2-5,7-9,12-14H2,1H3/t15-/m0/s1.